The fraction of sp³-hybridized carbons (Fsp3) is 0.190. The van der Waals surface area contributed by atoms with Gasteiger partial charge >= 0.3 is 5.97 Å². The molecule has 0 radical (unpaired) electrons. The van der Waals surface area contributed by atoms with E-state index in [0.717, 1.165) is 16.5 Å². The van der Waals surface area contributed by atoms with Gasteiger partial charge in [0, 0.05) is 12.5 Å². The van der Waals surface area contributed by atoms with E-state index in [0.29, 0.717) is 27.4 Å². The lowest BCUT2D eigenvalue weighted by Crippen LogP contribution is -2.13. The van der Waals surface area contributed by atoms with Crippen molar-refractivity contribution in [2.75, 3.05) is 7.11 Å². The van der Waals surface area contributed by atoms with E-state index in [1.54, 1.807) is 25.3 Å². The number of rotatable bonds is 5. The van der Waals surface area contributed by atoms with Crippen LogP contribution in [0.1, 0.15) is 27.5 Å². The molecular weight excluding hydrogens is 380 g/mol. The van der Waals surface area contributed by atoms with Crippen molar-refractivity contribution in [3.63, 3.8) is 0 Å². The third kappa shape index (κ3) is 3.32. The summed E-state index contributed by atoms with van der Waals surface area (Å²) in [6.07, 6.45) is 0. The molecule has 2 heterocycles. The number of carbonyl (C=O) groups is 1. The van der Waals surface area contributed by atoms with Gasteiger partial charge in [-0.2, -0.15) is 0 Å². The number of halogens is 1. The Labute approximate surface area is 166 Å². The predicted octanol–water partition coefficient (Wildman–Crippen LogP) is 4.84. The Balaban J connectivity index is 1.65. The number of oxazole rings is 1. The number of carbonyl (C=O) groups excluding carboxylic acids is 1. The van der Waals surface area contributed by atoms with Crippen LogP contribution in [0.25, 0.3) is 22.0 Å². The van der Waals surface area contributed by atoms with Gasteiger partial charge in [-0.05, 0) is 30.7 Å². The van der Waals surface area contributed by atoms with E-state index in [2.05, 4.69) is 9.97 Å². The van der Waals surface area contributed by atoms with Gasteiger partial charge < -0.3 is 13.9 Å². The van der Waals surface area contributed by atoms with Crippen LogP contribution in [0.4, 0.5) is 0 Å². The van der Waals surface area contributed by atoms with Crippen molar-refractivity contribution in [3.05, 3.63) is 70.2 Å². The molecule has 0 saturated carbocycles. The van der Waals surface area contributed by atoms with E-state index >= 15 is 0 Å². The number of nitrogens with zero attached hydrogens (tertiary/aromatic N) is 2. The molecule has 0 aliphatic heterocycles. The molecule has 0 aliphatic carbocycles. The SMILES string of the molecule is COCc1nc2ccccc2c(C)c1C(=O)OCc1nc2cccc(Cl)c2o1. The van der Waals surface area contributed by atoms with Crippen LogP contribution >= 0.6 is 11.6 Å². The molecule has 0 fully saturated rings. The van der Waals surface area contributed by atoms with Gasteiger partial charge in [0.1, 0.15) is 5.52 Å². The van der Waals surface area contributed by atoms with Crippen LogP contribution in [0.5, 0.6) is 0 Å². The number of pyridine rings is 1. The third-order valence-electron chi connectivity index (χ3n) is 4.45. The summed E-state index contributed by atoms with van der Waals surface area (Å²) < 4.78 is 16.3. The first-order chi connectivity index (χ1) is 13.6. The van der Waals surface area contributed by atoms with Crippen LogP contribution in [-0.4, -0.2) is 23.0 Å². The van der Waals surface area contributed by atoms with E-state index in [1.165, 1.54) is 0 Å². The molecule has 142 valence electrons. The molecule has 4 aromatic rings. The lowest BCUT2D eigenvalue weighted by Gasteiger charge is -2.13. The van der Waals surface area contributed by atoms with Crippen LogP contribution in [0.15, 0.2) is 46.9 Å². The molecule has 0 bridgehead atoms. The van der Waals surface area contributed by atoms with Crippen molar-refractivity contribution in [2.45, 2.75) is 20.1 Å². The summed E-state index contributed by atoms with van der Waals surface area (Å²) in [4.78, 5) is 21.7. The standard InChI is InChI=1S/C21H17ClN2O4/c1-12-13-6-3-4-8-15(13)23-17(10-26-2)19(12)21(25)27-11-18-24-16-9-5-7-14(22)20(16)28-18/h3-9H,10-11H2,1-2H3. The highest BCUT2D eigenvalue weighted by molar-refractivity contribution is 6.34. The van der Waals surface area contributed by atoms with E-state index in [1.807, 2.05) is 31.2 Å². The van der Waals surface area contributed by atoms with Gasteiger partial charge in [-0.25, -0.2) is 14.8 Å². The summed E-state index contributed by atoms with van der Waals surface area (Å²) in [5, 5.41) is 1.35. The molecular formula is C21H17ClN2O4. The van der Waals surface area contributed by atoms with Crippen molar-refractivity contribution in [1.29, 1.82) is 0 Å². The van der Waals surface area contributed by atoms with Crippen molar-refractivity contribution in [2.24, 2.45) is 0 Å². The molecule has 28 heavy (non-hydrogen) atoms. The van der Waals surface area contributed by atoms with E-state index in [4.69, 9.17) is 25.5 Å². The van der Waals surface area contributed by atoms with Gasteiger partial charge in [0.2, 0.25) is 5.89 Å². The fourth-order valence-corrected chi connectivity index (χ4v) is 3.38. The Morgan fingerprint density at radius 2 is 1.86 bits per heavy atom. The number of hydrogen-bond donors (Lipinski definition) is 0. The maximum atomic E-state index is 12.8. The Bertz CT molecular complexity index is 1190. The molecule has 2 aromatic heterocycles. The maximum absolute atomic E-state index is 12.8. The highest BCUT2D eigenvalue weighted by Gasteiger charge is 2.21. The average molecular weight is 397 g/mol. The van der Waals surface area contributed by atoms with Crippen LogP contribution in [-0.2, 0) is 22.7 Å². The van der Waals surface area contributed by atoms with Crippen molar-refractivity contribution in [3.8, 4) is 0 Å². The first kappa shape index (κ1) is 18.4. The summed E-state index contributed by atoms with van der Waals surface area (Å²) in [6.45, 7) is 1.97. The molecule has 0 saturated heterocycles. The van der Waals surface area contributed by atoms with Gasteiger partial charge in [0.15, 0.2) is 12.2 Å². The van der Waals surface area contributed by atoms with E-state index in [9.17, 15) is 4.79 Å². The normalized spacial score (nSPS) is 11.2. The molecule has 0 spiro atoms. The summed E-state index contributed by atoms with van der Waals surface area (Å²) >= 11 is 6.10. The molecule has 0 N–H and O–H groups in total. The Morgan fingerprint density at radius 1 is 1.07 bits per heavy atom. The van der Waals surface area contributed by atoms with E-state index in [-0.39, 0.29) is 19.1 Å². The highest BCUT2D eigenvalue weighted by atomic mass is 35.5. The summed E-state index contributed by atoms with van der Waals surface area (Å²) in [5.41, 5.74) is 3.61. The molecule has 0 atom stereocenters. The number of fused-ring (bicyclic) bond motifs is 2. The zero-order valence-corrected chi connectivity index (χ0v) is 16.1. The molecule has 0 amide bonds. The van der Waals surface area contributed by atoms with E-state index < -0.39 is 5.97 Å². The second-order valence-corrected chi connectivity index (χ2v) is 6.69. The smallest absolute Gasteiger partial charge is 0.340 e. The van der Waals surface area contributed by atoms with Gasteiger partial charge in [-0.1, -0.05) is 35.9 Å². The Hall–Kier alpha value is -2.96. The molecule has 6 nitrogen and oxygen atoms in total. The topological polar surface area (TPSA) is 74.5 Å². The van der Waals surface area contributed by atoms with Crippen molar-refractivity contribution < 1.29 is 18.7 Å². The van der Waals surface area contributed by atoms with Gasteiger partial charge in [0.25, 0.3) is 0 Å². The molecule has 7 heteroatoms. The molecule has 2 aromatic carbocycles. The minimum Gasteiger partial charge on any atom is -0.452 e. The number of benzene rings is 2. The average Bonchev–Trinajstić information content (AvgIpc) is 3.11. The van der Waals surface area contributed by atoms with Crippen LogP contribution < -0.4 is 0 Å². The molecule has 4 rings (SSSR count). The first-order valence-electron chi connectivity index (χ1n) is 8.66. The fourth-order valence-electron chi connectivity index (χ4n) is 3.18. The minimum atomic E-state index is -0.504. The van der Waals surface area contributed by atoms with Gasteiger partial charge in [-0.3, -0.25) is 0 Å². The lowest BCUT2D eigenvalue weighted by atomic mass is 10.0. The van der Waals surface area contributed by atoms with Crippen molar-refractivity contribution in [1.82, 2.24) is 9.97 Å². The number of methoxy groups -OCH3 is 1. The predicted molar refractivity (Wildman–Crippen MR) is 105 cm³/mol. The van der Waals surface area contributed by atoms with Crippen molar-refractivity contribution >= 4 is 39.6 Å². The Morgan fingerprint density at radius 3 is 2.64 bits per heavy atom. The van der Waals surface area contributed by atoms with Crippen LogP contribution in [0, 0.1) is 6.92 Å². The Kier molecular flexibility index (Phi) is 4.98. The monoisotopic (exact) mass is 396 g/mol. The molecule has 0 unspecified atom stereocenters. The second-order valence-electron chi connectivity index (χ2n) is 6.28. The number of aromatic nitrogens is 2. The first-order valence-corrected chi connectivity index (χ1v) is 9.04. The zero-order valence-electron chi connectivity index (χ0n) is 15.4. The minimum absolute atomic E-state index is 0.109. The van der Waals surface area contributed by atoms with Gasteiger partial charge in [-0.15, -0.1) is 0 Å². The molecule has 0 aliphatic rings. The van der Waals surface area contributed by atoms with Crippen LogP contribution in [0.3, 0.4) is 0 Å². The summed E-state index contributed by atoms with van der Waals surface area (Å²) in [7, 11) is 1.56. The van der Waals surface area contributed by atoms with Crippen LogP contribution in [0.2, 0.25) is 5.02 Å². The number of ether oxygens (including phenoxy) is 2. The second kappa shape index (κ2) is 7.58. The summed E-state index contributed by atoms with van der Waals surface area (Å²) in [6, 6.07) is 12.9. The lowest BCUT2D eigenvalue weighted by molar-refractivity contribution is 0.0434. The largest absolute Gasteiger partial charge is 0.452 e. The number of esters is 1. The summed E-state index contributed by atoms with van der Waals surface area (Å²) in [5.74, 6) is -0.229. The third-order valence-corrected chi connectivity index (χ3v) is 4.75. The highest BCUT2D eigenvalue weighted by Crippen LogP contribution is 2.26. The van der Waals surface area contributed by atoms with Gasteiger partial charge in [0.05, 0.1) is 28.4 Å². The number of hydrogen-bond acceptors (Lipinski definition) is 6. The number of para-hydroxylation sites is 2. The quantitative estimate of drug-likeness (QED) is 0.449. The maximum Gasteiger partial charge on any atom is 0.340 e. The zero-order chi connectivity index (χ0) is 19.7. The number of aryl methyl sites for hydroxylation is 1.